The average Bonchev–Trinajstić information content (AvgIpc) is 2.74. The molecule has 1 heterocycles. The molecule has 3 aromatic rings. The fourth-order valence-electron chi connectivity index (χ4n) is 3.65. The number of rotatable bonds is 7. The molecule has 3 aromatic carbocycles. The highest BCUT2D eigenvalue weighted by molar-refractivity contribution is 6.30. The Bertz CT molecular complexity index is 1050. The monoisotopic (exact) mass is 461 g/mol. The van der Waals surface area contributed by atoms with Crippen molar-refractivity contribution in [2.45, 2.75) is 31.9 Å². The van der Waals surface area contributed by atoms with Crippen LogP contribution in [0.3, 0.4) is 0 Å². The minimum Gasteiger partial charge on any atom is -0.484 e. The zero-order valence-corrected chi connectivity index (χ0v) is 18.2. The highest BCUT2D eigenvalue weighted by Crippen LogP contribution is 2.36. The summed E-state index contributed by atoms with van der Waals surface area (Å²) in [5, 5.41) is 0.500. The smallest absolute Gasteiger partial charge is 0.416 e. The van der Waals surface area contributed by atoms with Crippen molar-refractivity contribution in [3.8, 4) is 11.5 Å². The summed E-state index contributed by atoms with van der Waals surface area (Å²) in [6.45, 7) is 4.10. The van der Waals surface area contributed by atoms with Crippen LogP contribution in [0.1, 0.15) is 29.7 Å². The van der Waals surface area contributed by atoms with E-state index in [1.165, 1.54) is 11.6 Å². The number of ether oxygens (including phenoxy) is 2. The number of nitrogens with zero attached hydrogens (tertiary/aromatic N) is 1. The lowest BCUT2D eigenvalue weighted by molar-refractivity contribution is -0.137. The second kappa shape index (κ2) is 9.43. The van der Waals surface area contributed by atoms with E-state index >= 15 is 0 Å². The zero-order chi connectivity index (χ0) is 22.7. The van der Waals surface area contributed by atoms with Gasteiger partial charge in [0.05, 0.1) is 5.56 Å². The van der Waals surface area contributed by atoms with Crippen molar-refractivity contribution in [3.63, 3.8) is 0 Å². The Balaban J connectivity index is 1.41. The number of alkyl halides is 3. The van der Waals surface area contributed by atoms with E-state index < -0.39 is 17.8 Å². The number of hydrogen-bond acceptors (Lipinski definition) is 3. The second-order valence-corrected chi connectivity index (χ2v) is 8.33. The highest BCUT2D eigenvalue weighted by Gasteiger charge is 2.31. The van der Waals surface area contributed by atoms with Gasteiger partial charge in [0.2, 0.25) is 0 Å². The van der Waals surface area contributed by atoms with Crippen LogP contribution in [0.4, 0.5) is 13.2 Å². The molecule has 0 saturated carbocycles. The third kappa shape index (κ3) is 5.56. The van der Waals surface area contributed by atoms with E-state index in [4.69, 9.17) is 21.1 Å². The van der Waals surface area contributed by atoms with Gasteiger partial charge < -0.3 is 9.47 Å². The van der Waals surface area contributed by atoms with Crippen molar-refractivity contribution in [3.05, 3.63) is 94.5 Å². The standard InChI is InChI=1S/C25H23ClF3NO2/c1-17(19-8-5-9-20(12-19)25(27,28)29)31-23-11-10-21(26)13-24(23)32-22-15-30(16-22)14-18-6-3-2-4-7-18/h2-13,17,22H,14-16H2,1H3. The highest BCUT2D eigenvalue weighted by atomic mass is 35.5. The maximum atomic E-state index is 13.0. The van der Waals surface area contributed by atoms with Gasteiger partial charge in [0.1, 0.15) is 12.2 Å². The van der Waals surface area contributed by atoms with E-state index in [1.807, 2.05) is 18.2 Å². The first-order chi connectivity index (χ1) is 15.3. The van der Waals surface area contributed by atoms with Gasteiger partial charge in [0.15, 0.2) is 11.5 Å². The van der Waals surface area contributed by atoms with Crippen molar-refractivity contribution in [2.24, 2.45) is 0 Å². The van der Waals surface area contributed by atoms with Crippen LogP contribution in [0.2, 0.25) is 5.02 Å². The Morgan fingerprint density at radius 3 is 2.44 bits per heavy atom. The molecular weight excluding hydrogens is 439 g/mol. The van der Waals surface area contributed by atoms with E-state index in [2.05, 4.69) is 17.0 Å². The molecule has 0 amide bonds. The summed E-state index contributed by atoms with van der Waals surface area (Å²) in [5.74, 6) is 0.932. The van der Waals surface area contributed by atoms with Crippen molar-refractivity contribution < 1.29 is 22.6 Å². The van der Waals surface area contributed by atoms with Crippen molar-refractivity contribution >= 4 is 11.6 Å². The third-order valence-electron chi connectivity index (χ3n) is 5.36. The number of likely N-dealkylation sites (tertiary alicyclic amines) is 1. The van der Waals surface area contributed by atoms with Gasteiger partial charge in [-0.2, -0.15) is 13.2 Å². The van der Waals surface area contributed by atoms with E-state index in [-0.39, 0.29) is 6.10 Å². The van der Waals surface area contributed by atoms with Gasteiger partial charge in [-0.25, -0.2) is 0 Å². The Kier molecular flexibility index (Phi) is 6.63. The summed E-state index contributed by atoms with van der Waals surface area (Å²) in [6.07, 6.45) is -5.01. The molecule has 0 N–H and O–H groups in total. The molecule has 168 valence electrons. The molecular formula is C25H23ClF3NO2. The quantitative estimate of drug-likeness (QED) is 0.388. The zero-order valence-electron chi connectivity index (χ0n) is 17.5. The molecule has 7 heteroatoms. The van der Waals surface area contributed by atoms with Gasteiger partial charge >= 0.3 is 6.18 Å². The van der Waals surface area contributed by atoms with Crippen molar-refractivity contribution in [2.75, 3.05) is 13.1 Å². The minimum absolute atomic E-state index is 0.0107. The summed E-state index contributed by atoms with van der Waals surface area (Å²) in [6, 6.07) is 20.4. The number of benzene rings is 3. The Morgan fingerprint density at radius 1 is 0.969 bits per heavy atom. The summed E-state index contributed by atoms with van der Waals surface area (Å²) >= 11 is 6.15. The van der Waals surface area contributed by atoms with Gasteiger partial charge in [0, 0.05) is 30.7 Å². The van der Waals surface area contributed by atoms with E-state index in [1.54, 1.807) is 31.2 Å². The van der Waals surface area contributed by atoms with Crippen LogP contribution in [0.5, 0.6) is 11.5 Å². The predicted octanol–water partition coefficient (Wildman–Crippen LogP) is 6.76. The van der Waals surface area contributed by atoms with Crippen LogP contribution in [-0.4, -0.2) is 24.1 Å². The van der Waals surface area contributed by atoms with Crippen molar-refractivity contribution in [1.82, 2.24) is 4.90 Å². The summed E-state index contributed by atoms with van der Waals surface area (Å²) < 4.78 is 51.2. The fourth-order valence-corrected chi connectivity index (χ4v) is 3.81. The van der Waals surface area contributed by atoms with Gasteiger partial charge in [-0.3, -0.25) is 4.90 Å². The van der Waals surface area contributed by atoms with Gasteiger partial charge in [-0.05, 0) is 42.3 Å². The molecule has 0 aliphatic carbocycles. The average molecular weight is 462 g/mol. The molecule has 1 unspecified atom stereocenters. The topological polar surface area (TPSA) is 21.7 Å². The maximum absolute atomic E-state index is 13.0. The number of hydrogen-bond donors (Lipinski definition) is 0. The predicted molar refractivity (Wildman–Crippen MR) is 118 cm³/mol. The van der Waals surface area contributed by atoms with Crippen molar-refractivity contribution in [1.29, 1.82) is 0 Å². The third-order valence-corrected chi connectivity index (χ3v) is 5.59. The summed E-state index contributed by atoms with van der Waals surface area (Å²) in [7, 11) is 0. The van der Waals surface area contributed by atoms with Crippen LogP contribution >= 0.6 is 11.6 Å². The molecule has 0 spiro atoms. The molecule has 1 aliphatic heterocycles. The first-order valence-electron chi connectivity index (χ1n) is 10.3. The van der Waals surface area contributed by atoms with E-state index in [9.17, 15) is 13.2 Å². The molecule has 3 nitrogen and oxygen atoms in total. The summed E-state index contributed by atoms with van der Waals surface area (Å²) in [4.78, 5) is 2.27. The van der Waals surface area contributed by atoms with Gasteiger partial charge in [-0.1, -0.05) is 54.1 Å². The van der Waals surface area contributed by atoms with E-state index in [0.717, 1.165) is 31.8 Å². The molecule has 0 bridgehead atoms. The Labute approximate surface area is 190 Å². The minimum atomic E-state index is -4.40. The first-order valence-corrected chi connectivity index (χ1v) is 10.7. The largest absolute Gasteiger partial charge is 0.484 e. The molecule has 0 radical (unpaired) electrons. The molecule has 0 aromatic heterocycles. The second-order valence-electron chi connectivity index (χ2n) is 7.89. The lowest BCUT2D eigenvalue weighted by Crippen LogP contribution is -2.53. The lowest BCUT2D eigenvalue weighted by atomic mass is 10.1. The fraction of sp³-hybridized carbons (Fsp3) is 0.280. The van der Waals surface area contributed by atoms with E-state index in [0.29, 0.717) is 22.1 Å². The van der Waals surface area contributed by atoms with Crippen LogP contribution in [0, 0.1) is 0 Å². The molecule has 1 fully saturated rings. The van der Waals surface area contributed by atoms with Gasteiger partial charge in [0.25, 0.3) is 0 Å². The molecule has 1 atom stereocenters. The van der Waals surface area contributed by atoms with Crippen LogP contribution < -0.4 is 9.47 Å². The molecule has 32 heavy (non-hydrogen) atoms. The summed E-state index contributed by atoms with van der Waals surface area (Å²) in [5.41, 5.74) is 0.969. The Morgan fingerprint density at radius 2 is 1.72 bits per heavy atom. The molecule has 1 saturated heterocycles. The lowest BCUT2D eigenvalue weighted by Gasteiger charge is -2.39. The molecule has 1 aliphatic rings. The maximum Gasteiger partial charge on any atom is 0.416 e. The SMILES string of the molecule is CC(Oc1ccc(Cl)cc1OC1CN(Cc2ccccc2)C1)c1cccc(C(F)(F)F)c1. The van der Waals surface area contributed by atoms with Crippen LogP contribution in [0.15, 0.2) is 72.8 Å². The first kappa shape index (κ1) is 22.5. The van der Waals surface area contributed by atoms with Gasteiger partial charge in [-0.15, -0.1) is 0 Å². The normalized spacial score (nSPS) is 15.8. The van der Waals surface area contributed by atoms with Crippen LogP contribution in [0.25, 0.3) is 0 Å². The Hall–Kier alpha value is -2.70. The number of halogens is 4. The van der Waals surface area contributed by atoms with Crippen LogP contribution in [-0.2, 0) is 12.7 Å². The molecule has 4 rings (SSSR count).